The molecule has 110 valence electrons. The number of halogens is 3. The van der Waals surface area contributed by atoms with Gasteiger partial charge in [0.05, 0.1) is 15.4 Å². The minimum absolute atomic E-state index is 0.0329. The summed E-state index contributed by atoms with van der Waals surface area (Å²) in [6, 6.07) is 12.4. The third-order valence-corrected chi connectivity index (χ3v) is 5.28. The molecule has 0 saturated heterocycles. The first-order chi connectivity index (χ1) is 10.1. The van der Waals surface area contributed by atoms with Crippen molar-refractivity contribution >= 4 is 34.8 Å². The molecule has 0 nitrogen and oxygen atoms in total. The highest BCUT2D eigenvalue weighted by Crippen LogP contribution is 2.31. The van der Waals surface area contributed by atoms with E-state index in [0.717, 1.165) is 12.0 Å². The maximum absolute atomic E-state index is 6.60. The van der Waals surface area contributed by atoms with Gasteiger partial charge in [0.1, 0.15) is 0 Å². The van der Waals surface area contributed by atoms with Crippen LogP contribution in [0.5, 0.6) is 0 Å². The molecule has 3 rings (SSSR count). The zero-order chi connectivity index (χ0) is 14.8. The maximum atomic E-state index is 6.60. The van der Waals surface area contributed by atoms with Crippen molar-refractivity contribution in [2.75, 3.05) is 0 Å². The van der Waals surface area contributed by atoms with Gasteiger partial charge in [-0.1, -0.05) is 47.5 Å². The number of fused-ring (bicyclic) bond motifs is 1. The minimum Gasteiger partial charge on any atom is -0.117 e. The molecule has 21 heavy (non-hydrogen) atoms. The molecule has 0 radical (unpaired) electrons. The second-order valence-electron chi connectivity index (χ2n) is 5.66. The third-order valence-electron chi connectivity index (χ3n) is 4.13. The summed E-state index contributed by atoms with van der Waals surface area (Å²) < 4.78 is 0. The van der Waals surface area contributed by atoms with Gasteiger partial charge >= 0.3 is 0 Å². The first-order valence-corrected chi connectivity index (χ1v) is 8.52. The molecular formula is C18H17Cl3. The van der Waals surface area contributed by atoms with Gasteiger partial charge in [-0.25, -0.2) is 0 Å². The van der Waals surface area contributed by atoms with Gasteiger partial charge in [0.15, 0.2) is 0 Å². The van der Waals surface area contributed by atoms with E-state index in [1.54, 1.807) is 0 Å². The molecule has 1 unspecified atom stereocenters. The lowest BCUT2D eigenvalue weighted by atomic mass is 9.89. The Balaban J connectivity index is 1.78. The van der Waals surface area contributed by atoms with Crippen molar-refractivity contribution in [2.45, 2.75) is 37.5 Å². The summed E-state index contributed by atoms with van der Waals surface area (Å²) in [5.41, 5.74) is 5.27. The SMILES string of the molecule is Clc1ccc(CC(Cl)c2ccc3c(c2)CCCC3)cc1Cl. The molecule has 0 fully saturated rings. The number of alkyl halides is 1. The van der Waals surface area contributed by atoms with Gasteiger partial charge in [0.2, 0.25) is 0 Å². The van der Waals surface area contributed by atoms with E-state index in [4.69, 9.17) is 34.8 Å². The zero-order valence-corrected chi connectivity index (χ0v) is 14.0. The van der Waals surface area contributed by atoms with E-state index in [-0.39, 0.29) is 5.38 Å². The average molecular weight is 340 g/mol. The normalized spacial score (nSPS) is 15.6. The molecule has 0 N–H and O–H groups in total. The quantitative estimate of drug-likeness (QED) is 0.568. The van der Waals surface area contributed by atoms with Crippen LogP contribution in [0, 0.1) is 0 Å². The van der Waals surface area contributed by atoms with E-state index in [1.807, 2.05) is 18.2 Å². The van der Waals surface area contributed by atoms with Crippen LogP contribution in [0.1, 0.15) is 40.5 Å². The highest BCUT2D eigenvalue weighted by Gasteiger charge is 2.14. The average Bonchev–Trinajstić information content (AvgIpc) is 2.50. The molecule has 1 aliphatic rings. The Morgan fingerprint density at radius 3 is 2.38 bits per heavy atom. The summed E-state index contributed by atoms with van der Waals surface area (Å²) >= 11 is 18.6. The monoisotopic (exact) mass is 338 g/mol. The van der Waals surface area contributed by atoms with Crippen LogP contribution in [0.3, 0.4) is 0 Å². The van der Waals surface area contributed by atoms with Crippen LogP contribution in [0.25, 0.3) is 0 Å². The molecule has 0 spiro atoms. The van der Waals surface area contributed by atoms with Crippen molar-refractivity contribution in [1.82, 2.24) is 0 Å². The third kappa shape index (κ3) is 3.56. The zero-order valence-electron chi connectivity index (χ0n) is 11.7. The van der Waals surface area contributed by atoms with Gasteiger partial charge in [-0.15, -0.1) is 11.6 Å². The summed E-state index contributed by atoms with van der Waals surface area (Å²) in [5, 5.41) is 1.14. The Bertz CT molecular complexity index is 649. The van der Waals surface area contributed by atoms with Crippen molar-refractivity contribution in [1.29, 1.82) is 0 Å². The van der Waals surface area contributed by atoms with Crippen molar-refractivity contribution < 1.29 is 0 Å². The fraction of sp³-hybridized carbons (Fsp3) is 0.333. The molecule has 0 aliphatic heterocycles. The van der Waals surface area contributed by atoms with Crippen LogP contribution in [-0.2, 0) is 19.3 Å². The van der Waals surface area contributed by atoms with E-state index in [2.05, 4.69) is 18.2 Å². The maximum Gasteiger partial charge on any atom is 0.0625 e. The molecule has 2 aromatic rings. The summed E-state index contributed by atoms with van der Waals surface area (Å²) in [5.74, 6) is 0. The van der Waals surface area contributed by atoms with Crippen LogP contribution in [0.2, 0.25) is 10.0 Å². The van der Waals surface area contributed by atoms with Crippen LogP contribution in [0.15, 0.2) is 36.4 Å². The first kappa shape index (κ1) is 15.2. The van der Waals surface area contributed by atoms with Crippen molar-refractivity contribution in [3.05, 3.63) is 68.7 Å². The lowest BCUT2D eigenvalue weighted by molar-refractivity contribution is 0.683. The molecule has 0 saturated carbocycles. The summed E-state index contributed by atoms with van der Waals surface area (Å²) in [7, 11) is 0. The Labute approximate surface area is 141 Å². The van der Waals surface area contributed by atoms with E-state index in [1.165, 1.54) is 42.4 Å². The number of hydrogen-bond acceptors (Lipinski definition) is 0. The summed E-state index contributed by atoms with van der Waals surface area (Å²) in [4.78, 5) is 0. The summed E-state index contributed by atoms with van der Waals surface area (Å²) in [6.45, 7) is 0. The van der Waals surface area contributed by atoms with Gasteiger partial charge < -0.3 is 0 Å². The number of aryl methyl sites for hydroxylation is 2. The summed E-state index contributed by atoms with van der Waals surface area (Å²) in [6.07, 6.45) is 5.74. The Kier molecular flexibility index (Phi) is 4.78. The molecule has 2 aromatic carbocycles. The highest BCUT2D eigenvalue weighted by molar-refractivity contribution is 6.42. The lowest BCUT2D eigenvalue weighted by Crippen LogP contribution is -2.04. The standard InChI is InChI=1S/C18H17Cl3/c19-16-8-5-12(10-18(16)21)9-17(20)15-7-6-13-3-1-2-4-14(13)11-15/h5-8,10-11,17H,1-4,9H2. The lowest BCUT2D eigenvalue weighted by Gasteiger charge is -2.18. The Morgan fingerprint density at radius 2 is 1.62 bits per heavy atom. The predicted octanol–water partition coefficient (Wildman–Crippen LogP) is 6.39. The van der Waals surface area contributed by atoms with Gasteiger partial charge in [0, 0.05) is 0 Å². The second kappa shape index (κ2) is 6.60. The van der Waals surface area contributed by atoms with Gasteiger partial charge in [0.25, 0.3) is 0 Å². The fourth-order valence-corrected chi connectivity index (χ4v) is 3.57. The number of benzene rings is 2. The Morgan fingerprint density at radius 1 is 0.857 bits per heavy atom. The molecule has 0 bridgehead atoms. The van der Waals surface area contributed by atoms with Crippen LogP contribution in [0.4, 0.5) is 0 Å². The fourth-order valence-electron chi connectivity index (χ4n) is 2.94. The topological polar surface area (TPSA) is 0 Å². The smallest absolute Gasteiger partial charge is 0.0625 e. The van der Waals surface area contributed by atoms with E-state index in [0.29, 0.717) is 10.0 Å². The van der Waals surface area contributed by atoms with Gasteiger partial charge in [-0.05, 0) is 66.5 Å². The van der Waals surface area contributed by atoms with E-state index in [9.17, 15) is 0 Å². The van der Waals surface area contributed by atoms with Gasteiger partial charge in [-0.3, -0.25) is 0 Å². The second-order valence-corrected chi connectivity index (χ2v) is 7.00. The molecule has 3 heteroatoms. The molecule has 1 aliphatic carbocycles. The highest BCUT2D eigenvalue weighted by atomic mass is 35.5. The molecule has 1 atom stereocenters. The molecule has 0 heterocycles. The van der Waals surface area contributed by atoms with Crippen molar-refractivity contribution in [2.24, 2.45) is 0 Å². The largest absolute Gasteiger partial charge is 0.117 e. The van der Waals surface area contributed by atoms with Crippen molar-refractivity contribution in [3.8, 4) is 0 Å². The van der Waals surface area contributed by atoms with Crippen LogP contribution in [-0.4, -0.2) is 0 Å². The molecule has 0 aromatic heterocycles. The first-order valence-electron chi connectivity index (χ1n) is 7.33. The van der Waals surface area contributed by atoms with E-state index < -0.39 is 0 Å². The minimum atomic E-state index is -0.0329. The Hall–Kier alpha value is -0.690. The van der Waals surface area contributed by atoms with E-state index >= 15 is 0 Å². The predicted molar refractivity (Wildman–Crippen MR) is 91.8 cm³/mol. The van der Waals surface area contributed by atoms with Crippen LogP contribution >= 0.6 is 34.8 Å². The van der Waals surface area contributed by atoms with Crippen LogP contribution < -0.4 is 0 Å². The van der Waals surface area contributed by atoms with Crippen molar-refractivity contribution in [3.63, 3.8) is 0 Å². The molecular weight excluding hydrogens is 323 g/mol. The molecule has 0 amide bonds. The number of rotatable bonds is 3. The number of hydrogen-bond donors (Lipinski definition) is 0. The van der Waals surface area contributed by atoms with Gasteiger partial charge in [-0.2, -0.15) is 0 Å².